The maximum absolute atomic E-state index is 11.6. The molecule has 0 aromatic carbocycles. The lowest BCUT2D eigenvalue weighted by Crippen LogP contribution is -2.48. The Morgan fingerprint density at radius 1 is 1.29 bits per heavy atom. The lowest BCUT2D eigenvalue weighted by molar-refractivity contribution is -0.124. The topological polar surface area (TPSA) is 76.7 Å². The van der Waals surface area contributed by atoms with E-state index in [0.29, 0.717) is 6.42 Å². The number of carbonyl (C=O) groups excluding carboxylic acids is 2. The Hall–Kier alpha value is -1.30. The molecule has 2 amide bonds. The number of rotatable bonds is 5. The van der Waals surface area contributed by atoms with Crippen molar-refractivity contribution in [1.29, 1.82) is 0 Å². The third-order valence-corrected chi connectivity index (χ3v) is 1.81. The highest BCUT2D eigenvalue weighted by atomic mass is 16.6. The van der Waals surface area contributed by atoms with Gasteiger partial charge in [-0.1, -0.05) is 6.92 Å². The van der Waals surface area contributed by atoms with Crippen LogP contribution < -0.4 is 10.6 Å². The third kappa shape index (κ3) is 7.57. The standard InChI is InChI=1S/C11H22N2O4/c1-6-8(9(14)12-7-16-5)13-10(15)17-11(2,3)4/h8H,6-7H2,1-5H3,(H,12,14)(H,13,15)/t8-/m0/s1. The van der Waals surface area contributed by atoms with Crippen molar-refractivity contribution >= 4 is 12.0 Å². The van der Waals surface area contributed by atoms with E-state index in [-0.39, 0.29) is 12.6 Å². The Kier molecular flexibility index (Phi) is 6.57. The number of amides is 2. The van der Waals surface area contributed by atoms with Crippen LogP contribution in [0.4, 0.5) is 4.79 Å². The van der Waals surface area contributed by atoms with Crippen molar-refractivity contribution in [2.24, 2.45) is 0 Å². The zero-order valence-electron chi connectivity index (χ0n) is 11.1. The summed E-state index contributed by atoms with van der Waals surface area (Å²) >= 11 is 0. The van der Waals surface area contributed by atoms with Gasteiger partial charge >= 0.3 is 6.09 Å². The van der Waals surface area contributed by atoms with Crippen molar-refractivity contribution < 1.29 is 19.1 Å². The quantitative estimate of drug-likeness (QED) is 0.710. The summed E-state index contributed by atoms with van der Waals surface area (Å²) in [7, 11) is 1.47. The normalized spacial score (nSPS) is 12.8. The molecule has 1 atom stereocenters. The van der Waals surface area contributed by atoms with Gasteiger partial charge in [0.25, 0.3) is 0 Å². The van der Waals surface area contributed by atoms with Crippen molar-refractivity contribution in [3.05, 3.63) is 0 Å². The summed E-state index contributed by atoms with van der Waals surface area (Å²) in [6, 6.07) is -0.611. The van der Waals surface area contributed by atoms with Crippen LogP contribution in [0, 0.1) is 0 Å². The molecule has 0 saturated heterocycles. The molecule has 0 aliphatic carbocycles. The van der Waals surface area contributed by atoms with Gasteiger partial charge in [0.15, 0.2) is 0 Å². The van der Waals surface area contributed by atoms with Crippen LogP contribution in [0.5, 0.6) is 0 Å². The van der Waals surface area contributed by atoms with E-state index in [1.165, 1.54) is 7.11 Å². The maximum Gasteiger partial charge on any atom is 0.408 e. The monoisotopic (exact) mass is 246 g/mol. The van der Waals surface area contributed by atoms with E-state index in [9.17, 15) is 9.59 Å². The summed E-state index contributed by atoms with van der Waals surface area (Å²) < 4.78 is 9.78. The molecule has 0 aliphatic heterocycles. The molecule has 2 N–H and O–H groups in total. The van der Waals surface area contributed by atoms with Gasteiger partial charge in [-0.05, 0) is 27.2 Å². The number of hydrogen-bond donors (Lipinski definition) is 2. The number of hydrogen-bond acceptors (Lipinski definition) is 4. The molecule has 0 saturated carbocycles. The first-order valence-corrected chi connectivity index (χ1v) is 5.56. The van der Waals surface area contributed by atoms with E-state index < -0.39 is 17.7 Å². The first-order chi connectivity index (χ1) is 7.80. The molecular formula is C11H22N2O4. The number of carbonyl (C=O) groups is 2. The predicted molar refractivity (Wildman–Crippen MR) is 63.5 cm³/mol. The second kappa shape index (κ2) is 7.11. The Labute approximate surface area is 102 Å². The highest BCUT2D eigenvalue weighted by molar-refractivity contribution is 5.85. The first-order valence-electron chi connectivity index (χ1n) is 5.56. The molecule has 0 unspecified atom stereocenters. The van der Waals surface area contributed by atoms with E-state index >= 15 is 0 Å². The fourth-order valence-corrected chi connectivity index (χ4v) is 1.07. The molecule has 0 aliphatic rings. The Morgan fingerprint density at radius 2 is 1.88 bits per heavy atom. The lowest BCUT2D eigenvalue weighted by atomic mass is 10.2. The van der Waals surface area contributed by atoms with Gasteiger partial charge in [0, 0.05) is 7.11 Å². The minimum atomic E-state index is -0.611. The summed E-state index contributed by atoms with van der Waals surface area (Å²) in [5, 5.41) is 5.02. The van der Waals surface area contributed by atoms with Crippen LogP contribution in [0.15, 0.2) is 0 Å². The van der Waals surface area contributed by atoms with E-state index in [4.69, 9.17) is 9.47 Å². The smallest absolute Gasteiger partial charge is 0.408 e. The minimum Gasteiger partial charge on any atom is -0.444 e. The van der Waals surface area contributed by atoms with Gasteiger partial charge in [-0.2, -0.15) is 0 Å². The second-order valence-corrected chi connectivity index (χ2v) is 4.58. The molecule has 0 aromatic heterocycles. The number of nitrogens with one attached hydrogen (secondary N) is 2. The van der Waals surface area contributed by atoms with Crippen LogP contribution >= 0.6 is 0 Å². The fourth-order valence-electron chi connectivity index (χ4n) is 1.07. The highest BCUT2D eigenvalue weighted by Gasteiger charge is 2.22. The van der Waals surface area contributed by atoms with Crippen molar-refractivity contribution in [2.75, 3.05) is 13.8 Å². The summed E-state index contributed by atoms with van der Waals surface area (Å²) in [4.78, 5) is 23.0. The molecule has 0 heterocycles. The van der Waals surface area contributed by atoms with Crippen LogP contribution in [0.1, 0.15) is 34.1 Å². The average Bonchev–Trinajstić information content (AvgIpc) is 2.19. The van der Waals surface area contributed by atoms with Gasteiger partial charge in [0.2, 0.25) is 5.91 Å². The summed E-state index contributed by atoms with van der Waals surface area (Å²) in [5.41, 5.74) is -0.578. The number of ether oxygens (including phenoxy) is 2. The molecule has 6 heteroatoms. The molecule has 0 spiro atoms. The van der Waals surface area contributed by atoms with Crippen LogP contribution in [0.3, 0.4) is 0 Å². The zero-order valence-corrected chi connectivity index (χ0v) is 11.1. The van der Waals surface area contributed by atoms with Crippen LogP contribution in [0.25, 0.3) is 0 Å². The van der Waals surface area contributed by atoms with E-state index in [0.717, 1.165) is 0 Å². The van der Waals surface area contributed by atoms with E-state index in [2.05, 4.69) is 10.6 Å². The van der Waals surface area contributed by atoms with Gasteiger partial charge in [-0.3, -0.25) is 4.79 Å². The van der Waals surface area contributed by atoms with Crippen molar-refractivity contribution in [3.63, 3.8) is 0 Å². The molecular weight excluding hydrogens is 224 g/mol. The van der Waals surface area contributed by atoms with Gasteiger partial charge in [-0.15, -0.1) is 0 Å². The fraction of sp³-hybridized carbons (Fsp3) is 0.818. The van der Waals surface area contributed by atoms with Crippen LogP contribution in [-0.4, -0.2) is 37.5 Å². The van der Waals surface area contributed by atoms with Gasteiger partial charge in [-0.25, -0.2) is 4.79 Å². The molecule has 0 aromatic rings. The molecule has 0 radical (unpaired) electrons. The van der Waals surface area contributed by atoms with Gasteiger partial charge < -0.3 is 20.1 Å². The Morgan fingerprint density at radius 3 is 2.29 bits per heavy atom. The molecule has 0 rings (SSSR count). The van der Waals surface area contributed by atoms with Gasteiger partial charge in [0.1, 0.15) is 18.4 Å². The van der Waals surface area contributed by atoms with Gasteiger partial charge in [0.05, 0.1) is 0 Å². The SMILES string of the molecule is CC[C@H](NC(=O)OC(C)(C)C)C(=O)NCOC. The maximum atomic E-state index is 11.6. The third-order valence-electron chi connectivity index (χ3n) is 1.81. The van der Waals surface area contributed by atoms with E-state index in [1.54, 1.807) is 27.7 Å². The van der Waals surface area contributed by atoms with Crippen molar-refractivity contribution in [1.82, 2.24) is 10.6 Å². The summed E-state index contributed by atoms with van der Waals surface area (Å²) in [6.45, 7) is 7.20. The summed E-state index contributed by atoms with van der Waals surface area (Å²) in [5.74, 6) is -0.291. The predicted octanol–water partition coefficient (Wildman–Crippen LogP) is 1.01. The number of methoxy groups -OCH3 is 1. The molecule has 17 heavy (non-hydrogen) atoms. The Balaban J connectivity index is 4.21. The molecule has 0 bridgehead atoms. The Bertz CT molecular complexity index is 261. The van der Waals surface area contributed by atoms with Crippen LogP contribution in [-0.2, 0) is 14.3 Å². The largest absolute Gasteiger partial charge is 0.444 e. The zero-order chi connectivity index (χ0) is 13.5. The highest BCUT2D eigenvalue weighted by Crippen LogP contribution is 2.07. The van der Waals surface area contributed by atoms with Crippen molar-refractivity contribution in [2.45, 2.75) is 45.8 Å². The van der Waals surface area contributed by atoms with E-state index in [1.807, 2.05) is 0 Å². The molecule has 6 nitrogen and oxygen atoms in total. The molecule has 0 fully saturated rings. The van der Waals surface area contributed by atoms with Crippen molar-refractivity contribution in [3.8, 4) is 0 Å². The lowest BCUT2D eigenvalue weighted by Gasteiger charge is -2.22. The molecule has 100 valence electrons. The average molecular weight is 246 g/mol. The first kappa shape index (κ1) is 15.7. The van der Waals surface area contributed by atoms with Crippen LogP contribution in [0.2, 0.25) is 0 Å². The minimum absolute atomic E-state index is 0.116. The summed E-state index contributed by atoms with van der Waals surface area (Å²) in [6.07, 6.45) is -0.119. The second-order valence-electron chi connectivity index (χ2n) is 4.58. The number of alkyl carbamates (subject to hydrolysis) is 1.